The molecule has 1 aliphatic rings. The van der Waals surface area contributed by atoms with Crippen molar-refractivity contribution in [3.05, 3.63) is 17.8 Å². The molecule has 0 bridgehead atoms. The first kappa shape index (κ1) is 12.8. The van der Waals surface area contributed by atoms with Crippen LogP contribution >= 0.6 is 0 Å². The van der Waals surface area contributed by atoms with Gasteiger partial charge in [0, 0.05) is 13.2 Å². The Hall–Kier alpha value is -1.67. The average Bonchev–Trinajstić information content (AvgIpc) is 3.10. The summed E-state index contributed by atoms with van der Waals surface area (Å²) in [7, 11) is -2.50. The van der Waals surface area contributed by atoms with E-state index in [1.54, 1.807) is 0 Å². The Morgan fingerprint density at radius 3 is 2.72 bits per heavy atom. The standard InChI is InChI=1S/C10H13N3O4S/c1-12-9(14)6-4-8(17-7-2-3-7)10(13-5-6)18(11,15)16/h4-5,7H,2-3H2,1H3,(H,12,14)(H2,11,15,16). The minimum absolute atomic E-state index is 0.0211. The van der Waals surface area contributed by atoms with Gasteiger partial charge in [0.2, 0.25) is 5.03 Å². The van der Waals surface area contributed by atoms with Crippen molar-refractivity contribution >= 4 is 15.9 Å². The van der Waals surface area contributed by atoms with Gasteiger partial charge in [-0.05, 0) is 18.9 Å². The van der Waals surface area contributed by atoms with E-state index in [0.717, 1.165) is 19.0 Å². The Labute approximate surface area is 104 Å². The molecule has 1 saturated carbocycles. The number of hydrogen-bond donors (Lipinski definition) is 2. The Bertz CT molecular complexity index is 581. The molecule has 7 nitrogen and oxygen atoms in total. The summed E-state index contributed by atoms with van der Waals surface area (Å²) in [6.07, 6.45) is 2.84. The number of sulfonamides is 1. The summed E-state index contributed by atoms with van der Waals surface area (Å²) >= 11 is 0. The van der Waals surface area contributed by atoms with E-state index in [1.165, 1.54) is 13.1 Å². The Morgan fingerprint density at radius 1 is 1.56 bits per heavy atom. The van der Waals surface area contributed by atoms with Crippen LogP contribution in [0.5, 0.6) is 5.75 Å². The number of amides is 1. The molecular weight excluding hydrogens is 258 g/mol. The number of primary sulfonamides is 1. The van der Waals surface area contributed by atoms with Crippen LogP contribution in [0.4, 0.5) is 0 Å². The monoisotopic (exact) mass is 271 g/mol. The third-order valence-corrected chi connectivity index (χ3v) is 3.24. The zero-order valence-electron chi connectivity index (χ0n) is 9.71. The summed E-state index contributed by atoms with van der Waals surface area (Å²) in [5, 5.41) is 7.12. The molecule has 1 heterocycles. The van der Waals surface area contributed by atoms with Gasteiger partial charge in [-0.3, -0.25) is 4.79 Å². The number of nitrogens with one attached hydrogen (secondary N) is 1. The van der Waals surface area contributed by atoms with E-state index in [-0.39, 0.29) is 28.4 Å². The van der Waals surface area contributed by atoms with Crippen LogP contribution in [0.15, 0.2) is 17.3 Å². The van der Waals surface area contributed by atoms with E-state index in [9.17, 15) is 13.2 Å². The second-order valence-electron chi connectivity index (χ2n) is 3.97. The van der Waals surface area contributed by atoms with Crippen molar-refractivity contribution in [3.63, 3.8) is 0 Å². The second kappa shape index (κ2) is 4.54. The molecule has 1 aliphatic carbocycles. The molecule has 1 aromatic heterocycles. The molecule has 3 N–H and O–H groups in total. The van der Waals surface area contributed by atoms with Gasteiger partial charge in [-0.25, -0.2) is 18.5 Å². The van der Waals surface area contributed by atoms with Gasteiger partial charge in [-0.1, -0.05) is 0 Å². The largest absolute Gasteiger partial charge is 0.487 e. The van der Waals surface area contributed by atoms with Crippen molar-refractivity contribution < 1.29 is 17.9 Å². The van der Waals surface area contributed by atoms with Crippen molar-refractivity contribution in [2.75, 3.05) is 7.05 Å². The number of rotatable bonds is 4. The highest BCUT2D eigenvalue weighted by Crippen LogP contribution is 2.30. The first-order valence-electron chi connectivity index (χ1n) is 5.33. The van der Waals surface area contributed by atoms with E-state index >= 15 is 0 Å². The van der Waals surface area contributed by atoms with E-state index in [4.69, 9.17) is 9.88 Å². The third-order valence-electron chi connectivity index (χ3n) is 2.40. The Balaban J connectivity index is 2.44. The molecule has 98 valence electrons. The summed E-state index contributed by atoms with van der Waals surface area (Å²) in [5.41, 5.74) is 0.223. The third kappa shape index (κ3) is 2.77. The van der Waals surface area contributed by atoms with Gasteiger partial charge in [0.1, 0.15) is 0 Å². The lowest BCUT2D eigenvalue weighted by atomic mass is 10.2. The first-order valence-corrected chi connectivity index (χ1v) is 6.88. The minimum Gasteiger partial charge on any atom is -0.487 e. The number of hydrogen-bond acceptors (Lipinski definition) is 5. The maximum absolute atomic E-state index is 11.4. The smallest absolute Gasteiger partial charge is 0.259 e. The van der Waals surface area contributed by atoms with Gasteiger partial charge in [0.05, 0.1) is 11.7 Å². The Kier molecular flexibility index (Phi) is 3.22. The van der Waals surface area contributed by atoms with Gasteiger partial charge >= 0.3 is 0 Å². The van der Waals surface area contributed by atoms with Gasteiger partial charge in [-0.2, -0.15) is 0 Å². The minimum atomic E-state index is -3.97. The lowest BCUT2D eigenvalue weighted by Gasteiger charge is -2.09. The molecule has 1 fully saturated rings. The zero-order valence-corrected chi connectivity index (χ0v) is 10.5. The normalized spacial score (nSPS) is 15.2. The molecule has 0 radical (unpaired) electrons. The molecule has 0 spiro atoms. The van der Waals surface area contributed by atoms with Gasteiger partial charge in [-0.15, -0.1) is 0 Å². The topological polar surface area (TPSA) is 111 Å². The van der Waals surface area contributed by atoms with Gasteiger partial charge < -0.3 is 10.1 Å². The summed E-state index contributed by atoms with van der Waals surface area (Å²) in [5.74, 6) is -0.342. The molecule has 0 aromatic carbocycles. The summed E-state index contributed by atoms with van der Waals surface area (Å²) in [6.45, 7) is 0. The predicted octanol–water partition coefficient (Wildman–Crippen LogP) is -0.370. The van der Waals surface area contributed by atoms with Crippen LogP contribution in [0, 0.1) is 0 Å². The van der Waals surface area contributed by atoms with Gasteiger partial charge in [0.15, 0.2) is 5.75 Å². The number of aromatic nitrogens is 1. The van der Waals surface area contributed by atoms with Crippen molar-refractivity contribution in [3.8, 4) is 5.75 Å². The summed E-state index contributed by atoms with van der Waals surface area (Å²) in [6, 6.07) is 1.34. The van der Waals surface area contributed by atoms with Crippen molar-refractivity contribution in [2.45, 2.75) is 24.0 Å². The van der Waals surface area contributed by atoms with E-state index < -0.39 is 10.0 Å². The van der Waals surface area contributed by atoms with Crippen LogP contribution in [-0.4, -0.2) is 32.5 Å². The fraction of sp³-hybridized carbons (Fsp3) is 0.400. The van der Waals surface area contributed by atoms with Crippen LogP contribution in [0.2, 0.25) is 0 Å². The van der Waals surface area contributed by atoms with Crippen LogP contribution in [0.25, 0.3) is 0 Å². The van der Waals surface area contributed by atoms with Crippen molar-refractivity contribution in [1.82, 2.24) is 10.3 Å². The molecule has 2 rings (SSSR count). The fourth-order valence-electron chi connectivity index (χ4n) is 1.36. The van der Waals surface area contributed by atoms with E-state index in [0.29, 0.717) is 0 Å². The zero-order chi connectivity index (χ0) is 13.3. The van der Waals surface area contributed by atoms with Crippen molar-refractivity contribution in [2.24, 2.45) is 5.14 Å². The number of ether oxygens (including phenoxy) is 1. The number of nitrogens with two attached hydrogens (primary N) is 1. The number of pyridine rings is 1. The quantitative estimate of drug-likeness (QED) is 0.776. The number of carbonyl (C=O) groups excluding carboxylic acids is 1. The Morgan fingerprint density at radius 2 is 2.22 bits per heavy atom. The predicted molar refractivity (Wildman–Crippen MR) is 62.7 cm³/mol. The lowest BCUT2D eigenvalue weighted by Crippen LogP contribution is -2.20. The van der Waals surface area contributed by atoms with E-state index in [2.05, 4.69) is 10.3 Å². The number of carbonyl (C=O) groups is 1. The molecule has 0 atom stereocenters. The SMILES string of the molecule is CNC(=O)c1cnc(S(N)(=O)=O)c(OC2CC2)c1. The highest BCUT2D eigenvalue weighted by Gasteiger charge is 2.28. The molecule has 18 heavy (non-hydrogen) atoms. The molecule has 0 unspecified atom stereocenters. The summed E-state index contributed by atoms with van der Waals surface area (Å²) in [4.78, 5) is 15.1. The molecule has 1 amide bonds. The second-order valence-corrected chi connectivity index (χ2v) is 5.45. The maximum atomic E-state index is 11.4. The van der Waals surface area contributed by atoms with Crippen LogP contribution in [0.3, 0.4) is 0 Å². The molecule has 0 saturated heterocycles. The maximum Gasteiger partial charge on any atom is 0.259 e. The highest BCUT2D eigenvalue weighted by molar-refractivity contribution is 7.89. The summed E-state index contributed by atoms with van der Waals surface area (Å²) < 4.78 is 28.1. The van der Waals surface area contributed by atoms with Gasteiger partial charge in [0.25, 0.3) is 15.9 Å². The van der Waals surface area contributed by atoms with Crippen LogP contribution in [0.1, 0.15) is 23.2 Å². The molecular formula is C10H13N3O4S. The molecule has 1 aromatic rings. The average molecular weight is 271 g/mol. The fourth-order valence-corrected chi connectivity index (χ4v) is 1.95. The van der Waals surface area contributed by atoms with Crippen LogP contribution < -0.4 is 15.2 Å². The van der Waals surface area contributed by atoms with Crippen LogP contribution in [-0.2, 0) is 10.0 Å². The lowest BCUT2D eigenvalue weighted by molar-refractivity contribution is 0.0962. The number of nitrogens with zero attached hydrogens (tertiary/aromatic N) is 1. The molecule has 0 aliphatic heterocycles. The van der Waals surface area contributed by atoms with Crippen molar-refractivity contribution in [1.29, 1.82) is 0 Å². The first-order chi connectivity index (χ1) is 8.41. The van der Waals surface area contributed by atoms with E-state index in [1.807, 2.05) is 0 Å². The molecule has 8 heteroatoms. The highest BCUT2D eigenvalue weighted by atomic mass is 32.2.